The fourth-order valence-corrected chi connectivity index (χ4v) is 6.17. The molecule has 2 aromatic carbocycles. The van der Waals surface area contributed by atoms with Crippen LogP contribution in [-0.2, 0) is 4.79 Å². The number of rotatable bonds is 7. The summed E-state index contributed by atoms with van der Waals surface area (Å²) in [6, 6.07) is 8.78. The van der Waals surface area contributed by atoms with Crippen LogP contribution in [0.1, 0.15) is 44.9 Å². The summed E-state index contributed by atoms with van der Waals surface area (Å²) in [5.41, 5.74) is 2.91. The zero-order chi connectivity index (χ0) is 26.1. The molecule has 0 atom stereocenters. The molecule has 0 aliphatic carbocycles. The Morgan fingerprint density at radius 1 is 0.917 bits per heavy atom. The van der Waals surface area contributed by atoms with Crippen LogP contribution in [0.15, 0.2) is 48.2 Å². The number of benzene rings is 2. The maximum Gasteiger partial charge on any atom is 0.311 e. The minimum absolute atomic E-state index is 0.0287. The molecule has 1 aliphatic heterocycles. The van der Waals surface area contributed by atoms with Gasteiger partial charge in [0.15, 0.2) is 0 Å². The van der Waals surface area contributed by atoms with E-state index < -0.39 is 17.8 Å². The van der Waals surface area contributed by atoms with Gasteiger partial charge in [-0.25, -0.2) is 9.97 Å². The molecule has 1 aliphatic rings. The Labute approximate surface area is 240 Å². The van der Waals surface area contributed by atoms with Crippen LogP contribution in [0.3, 0.4) is 0 Å². The second-order valence-electron chi connectivity index (χ2n) is 7.97. The molecule has 3 aromatic rings. The minimum Gasteiger partial charge on any atom is -0.426 e. The van der Waals surface area contributed by atoms with Gasteiger partial charge >= 0.3 is 5.97 Å². The minimum atomic E-state index is -0.473. The summed E-state index contributed by atoms with van der Waals surface area (Å²) in [6.45, 7) is 3.85. The van der Waals surface area contributed by atoms with Gasteiger partial charge in [-0.3, -0.25) is 19.3 Å². The molecule has 2 amide bonds. The van der Waals surface area contributed by atoms with Gasteiger partial charge < -0.3 is 10.1 Å². The number of halogens is 4. The topological polar surface area (TPSA) is 101 Å². The zero-order valence-electron chi connectivity index (χ0n) is 19.0. The first kappa shape index (κ1) is 26.9. The summed E-state index contributed by atoms with van der Waals surface area (Å²) in [7, 11) is 0. The first-order valence-corrected chi connectivity index (χ1v) is 13.9. The summed E-state index contributed by atoms with van der Waals surface area (Å²) >= 11 is 13.6. The van der Waals surface area contributed by atoms with E-state index in [4.69, 9.17) is 4.74 Å². The predicted octanol–water partition coefficient (Wildman–Crippen LogP) is 6.87. The summed E-state index contributed by atoms with van der Waals surface area (Å²) in [6.07, 6.45) is 0.289. The summed E-state index contributed by atoms with van der Waals surface area (Å²) in [4.78, 5) is 48.1. The van der Waals surface area contributed by atoms with Crippen LogP contribution in [0, 0.1) is 13.8 Å². The molecule has 2 heterocycles. The zero-order valence-corrected chi connectivity index (χ0v) is 25.3. The molecule has 8 nitrogen and oxygen atoms in total. The van der Waals surface area contributed by atoms with Gasteiger partial charge in [-0.05, 0) is 102 Å². The van der Waals surface area contributed by atoms with Crippen molar-refractivity contribution in [3.8, 4) is 5.75 Å². The lowest BCUT2D eigenvalue weighted by Crippen LogP contribution is -2.31. The van der Waals surface area contributed by atoms with Gasteiger partial charge in [0.2, 0.25) is 5.95 Å². The number of imide groups is 1. The number of amides is 2. The van der Waals surface area contributed by atoms with Crippen molar-refractivity contribution in [3.63, 3.8) is 0 Å². The predicted molar refractivity (Wildman–Crippen MR) is 149 cm³/mol. The van der Waals surface area contributed by atoms with Gasteiger partial charge in [-0.1, -0.05) is 6.07 Å². The Balaban J connectivity index is 1.36. The monoisotopic (exact) mass is 742 g/mol. The third-order valence-corrected chi connectivity index (χ3v) is 10.0. The Morgan fingerprint density at radius 3 is 2.08 bits per heavy atom. The van der Waals surface area contributed by atoms with E-state index in [0.717, 1.165) is 16.3 Å². The Bertz CT molecular complexity index is 1350. The van der Waals surface area contributed by atoms with Gasteiger partial charge in [0.05, 0.1) is 11.1 Å². The average molecular weight is 746 g/mol. The molecule has 0 spiro atoms. The van der Waals surface area contributed by atoms with Crippen LogP contribution < -0.4 is 10.1 Å². The number of ether oxygens (including phenoxy) is 1. The molecular weight excluding hydrogens is 728 g/mol. The molecule has 0 bridgehead atoms. The van der Waals surface area contributed by atoms with E-state index in [1.165, 1.54) is 0 Å². The number of nitrogens with one attached hydrogen (secondary N) is 1. The highest BCUT2D eigenvalue weighted by molar-refractivity contribution is 9.15. The molecule has 186 valence electrons. The van der Waals surface area contributed by atoms with Crippen molar-refractivity contribution in [1.29, 1.82) is 0 Å². The second-order valence-corrected chi connectivity index (χ2v) is 11.1. The number of carbonyl (C=O) groups is 3. The third kappa shape index (κ3) is 5.56. The van der Waals surface area contributed by atoms with Crippen molar-refractivity contribution in [2.24, 2.45) is 0 Å². The van der Waals surface area contributed by atoms with Crippen LogP contribution in [0.2, 0.25) is 0 Å². The van der Waals surface area contributed by atoms with Crippen LogP contribution in [0.4, 0.5) is 11.6 Å². The highest BCUT2D eigenvalue weighted by Gasteiger charge is 2.40. The lowest BCUT2D eigenvalue weighted by atomic mass is 10.1. The standard InChI is InChI=1S/C24H18Br4N4O4/c1-11-9-12(2)30-24(29-11)31-13-5-3-6-14(10-13)36-15(33)7-4-8-32-22(34)16-17(23(32)35)19(26)21(28)20(27)18(16)25/h3,5-6,9-10H,4,7-8H2,1-2H3,(H,29,30,31). The first-order valence-electron chi connectivity index (χ1n) is 10.7. The molecule has 0 radical (unpaired) electrons. The molecule has 12 heteroatoms. The van der Waals surface area contributed by atoms with Gasteiger partial charge in [0.1, 0.15) is 5.75 Å². The van der Waals surface area contributed by atoms with E-state index in [2.05, 4.69) is 79.0 Å². The van der Waals surface area contributed by atoms with E-state index in [-0.39, 0.29) is 30.5 Å². The number of aromatic nitrogens is 2. The van der Waals surface area contributed by atoms with Crippen molar-refractivity contribution >= 4 is 93.1 Å². The highest BCUT2D eigenvalue weighted by atomic mass is 79.9. The second kappa shape index (κ2) is 11.1. The number of carbonyl (C=O) groups excluding carboxylic acids is 3. The number of anilines is 2. The molecule has 4 rings (SSSR count). The fourth-order valence-electron chi connectivity index (χ4n) is 3.71. The van der Waals surface area contributed by atoms with Crippen molar-refractivity contribution in [2.75, 3.05) is 11.9 Å². The molecule has 36 heavy (non-hydrogen) atoms. The van der Waals surface area contributed by atoms with Crippen LogP contribution in [-0.4, -0.2) is 39.2 Å². The lowest BCUT2D eigenvalue weighted by Gasteiger charge is -2.13. The number of hydrogen-bond acceptors (Lipinski definition) is 7. The molecule has 1 N–H and O–H groups in total. The van der Waals surface area contributed by atoms with E-state index in [1.54, 1.807) is 18.2 Å². The Kier molecular flexibility index (Phi) is 8.28. The number of aryl methyl sites for hydroxylation is 2. The Hall–Kier alpha value is -2.15. The van der Waals surface area contributed by atoms with E-state index in [0.29, 0.717) is 35.3 Å². The summed E-state index contributed by atoms with van der Waals surface area (Å²) in [5.74, 6) is -0.501. The SMILES string of the molecule is Cc1cc(C)nc(Nc2cccc(OC(=O)CCCN3C(=O)c4c(Br)c(Br)c(Br)c(Br)c4C3=O)c2)n1. The van der Waals surface area contributed by atoms with Crippen LogP contribution >= 0.6 is 63.7 Å². The highest BCUT2D eigenvalue weighted by Crippen LogP contribution is 2.45. The quantitative estimate of drug-likeness (QED) is 0.0927. The molecule has 1 aromatic heterocycles. The number of fused-ring (bicyclic) bond motifs is 1. The van der Waals surface area contributed by atoms with Crippen molar-refractivity contribution in [3.05, 3.63) is 70.7 Å². The van der Waals surface area contributed by atoms with Crippen LogP contribution in [0.25, 0.3) is 0 Å². The van der Waals surface area contributed by atoms with Gasteiger partial charge in [0, 0.05) is 54.0 Å². The smallest absolute Gasteiger partial charge is 0.311 e. The van der Waals surface area contributed by atoms with Crippen molar-refractivity contribution < 1.29 is 19.1 Å². The van der Waals surface area contributed by atoms with Gasteiger partial charge in [-0.15, -0.1) is 0 Å². The number of esters is 1. The molecular formula is C24H18Br4N4O4. The third-order valence-electron chi connectivity index (χ3n) is 5.25. The number of hydrogen-bond donors (Lipinski definition) is 1. The maximum atomic E-state index is 12.9. The normalized spacial score (nSPS) is 12.7. The first-order chi connectivity index (χ1) is 17.1. The maximum absolute atomic E-state index is 12.9. The lowest BCUT2D eigenvalue weighted by molar-refractivity contribution is -0.134. The van der Waals surface area contributed by atoms with Crippen molar-refractivity contribution in [1.82, 2.24) is 14.9 Å². The van der Waals surface area contributed by atoms with E-state index >= 15 is 0 Å². The van der Waals surface area contributed by atoms with E-state index in [9.17, 15) is 14.4 Å². The fraction of sp³-hybridized carbons (Fsp3) is 0.208. The molecule has 0 saturated heterocycles. The largest absolute Gasteiger partial charge is 0.426 e. The van der Waals surface area contributed by atoms with Crippen molar-refractivity contribution in [2.45, 2.75) is 26.7 Å². The summed E-state index contributed by atoms with van der Waals surface area (Å²) in [5, 5.41) is 3.11. The van der Waals surface area contributed by atoms with E-state index in [1.807, 2.05) is 26.0 Å². The molecule has 0 saturated carbocycles. The Morgan fingerprint density at radius 2 is 1.50 bits per heavy atom. The van der Waals surface area contributed by atoms with Gasteiger partial charge in [-0.2, -0.15) is 0 Å². The van der Waals surface area contributed by atoms with Crippen LogP contribution in [0.5, 0.6) is 5.75 Å². The number of nitrogens with zero attached hydrogens (tertiary/aromatic N) is 3. The average Bonchev–Trinajstić information content (AvgIpc) is 3.06. The molecule has 0 unspecified atom stereocenters. The van der Waals surface area contributed by atoms with Gasteiger partial charge in [0.25, 0.3) is 11.8 Å². The summed E-state index contributed by atoms with van der Waals surface area (Å²) < 4.78 is 7.69. The molecule has 0 fully saturated rings.